The first-order valence-electron chi connectivity index (χ1n) is 9.91. The standard InChI is InChI=1S/C21H29N5/c1-22-20-17-10-12-23-15-18(17)24-21(25-20)19-9-5-6-13-26(19)14-11-16-7-3-2-4-8-16/h2-4,7-8,19,23H,5-6,9-15H2,1H3,(H,22,24,25)/t19-/m1/s1. The molecule has 1 fully saturated rings. The Morgan fingerprint density at radius 2 is 2.08 bits per heavy atom. The smallest absolute Gasteiger partial charge is 0.148 e. The van der Waals surface area contributed by atoms with Crippen LogP contribution < -0.4 is 10.6 Å². The molecule has 2 aliphatic heterocycles. The van der Waals surface area contributed by atoms with E-state index in [-0.39, 0.29) is 0 Å². The van der Waals surface area contributed by atoms with Crippen LogP contribution in [-0.4, -0.2) is 41.5 Å². The molecule has 26 heavy (non-hydrogen) atoms. The van der Waals surface area contributed by atoms with Crippen molar-refractivity contribution in [2.45, 2.75) is 44.7 Å². The Morgan fingerprint density at radius 1 is 1.19 bits per heavy atom. The van der Waals surface area contributed by atoms with Gasteiger partial charge in [-0.3, -0.25) is 4.90 Å². The molecule has 0 amide bonds. The van der Waals surface area contributed by atoms with Crippen molar-refractivity contribution in [1.29, 1.82) is 0 Å². The number of aromatic nitrogens is 2. The number of fused-ring (bicyclic) bond motifs is 1. The zero-order valence-electron chi connectivity index (χ0n) is 15.7. The van der Waals surface area contributed by atoms with Crippen LogP contribution in [0.15, 0.2) is 30.3 Å². The summed E-state index contributed by atoms with van der Waals surface area (Å²) >= 11 is 0. The summed E-state index contributed by atoms with van der Waals surface area (Å²) in [5, 5.41) is 6.76. The molecule has 0 radical (unpaired) electrons. The van der Waals surface area contributed by atoms with Gasteiger partial charge in [0.25, 0.3) is 0 Å². The molecule has 0 unspecified atom stereocenters. The van der Waals surface area contributed by atoms with Crippen molar-refractivity contribution in [3.05, 3.63) is 53.0 Å². The van der Waals surface area contributed by atoms with Crippen LogP contribution >= 0.6 is 0 Å². The Balaban J connectivity index is 1.56. The molecule has 0 aliphatic carbocycles. The van der Waals surface area contributed by atoms with Gasteiger partial charge in [0, 0.05) is 25.7 Å². The van der Waals surface area contributed by atoms with E-state index in [0.717, 1.165) is 57.1 Å². The third kappa shape index (κ3) is 3.74. The zero-order valence-corrected chi connectivity index (χ0v) is 15.7. The predicted octanol–water partition coefficient (Wildman–Crippen LogP) is 2.93. The topological polar surface area (TPSA) is 53.1 Å². The number of hydrogen-bond donors (Lipinski definition) is 2. The van der Waals surface area contributed by atoms with Crippen molar-refractivity contribution in [2.24, 2.45) is 0 Å². The first-order valence-corrected chi connectivity index (χ1v) is 9.91. The van der Waals surface area contributed by atoms with Crippen molar-refractivity contribution in [1.82, 2.24) is 20.2 Å². The molecule has 1 saturated heterocycles. The summed E-state index contributed by atoms with van der Waals surface area (Å²) in [4.78, 5) is 12.5. The molecule has 0 spiro atoms. The normalized spacial score (nSPS) is 20.6. The van der Waals surface area contributed by atoms with Gasteiger partial charge in [0.05, 0.1) is 11.7 Å². The quantitative estimate of drug-likeness (QED) is 0.867. The lowest BCUT2D eigenvalue weighted by molar-refractivity contribution is 0.143. The zero-order chi connectivity index (χ0) is 17.8. The van der Waals surface area contributed by atoms with Gasteiger partial charge in [-0.15, -0.1) is 0 Å². The maximum absolute atomic E-state index is 5.00. The van der Waals surface area contributed by atoms with Gasteiger partial charge in [-0.1, -0.05) is 36.8 Å². The fourth-order valence-electron chi connectivity index (χ4n) is 4.20. The Kier molecular flexibility index (Phi) is 5.46. The molecule has 1 atom stereocenters. The molecule has 2 N–H and O–H groups in total. The van der Waals surface area contributed by atoms with Gasteiger partial charge < -0.3 is 10.6 Å². The summed E-state index contributed by atoms with van der Waals surface area (Å²) < 4.78 is 0. The second kappa shape index (κ2) is 8.14. The van der Waals surface area contributed by atoms with E-state index in [4.69, 9.17) is 9.97 Å². The van der Waals surface area contributed by atoms with Crippen LogP contribution in [0, 0.1) is 0 Å². The van der Waals surface area contributed by atoms with Crippen molar-refractivity contribution < 1.29 is 0 Å². The monoisotopic (exact) mass is 351 g/mol. The molecule has 1 aromatic heterocycles. The Morgan fingerprint density at radius 3 is 2.92 bits per heavy atom. The van der Waals surface area contributed by atoms with Gasteiger partial charge in [0.15, 0.2) is 0 Å². The predicted molar refractivity (Wildman–Crippen MR) is 105 cm³/mol. The van der Waals surface area contributed by atoms with Gasteiger partial charge in [-0.2, -0.15) is 0 Å². The highest BCUT2D eigenvalue weighted by Crippen LogP contribution is 2.31. The maximum Gasteiger partial charge on any atom is 0.148 e. The molecular weight excluding hydrogens is 322 g/mol. The summed E-state index contributed by atoms with van der Waals surface area (Å²) in [6.07, 6.45) is 5.79. The largest absolute Gasteiger partial charge is 0.373 e. The van der Waals surface area contributed by atoms with E-state index >= 15 is 0 Å². The summed E-state index contributed by atoms with van der Waals surface area (Å²) in [5.41, 5.74) is 3.88. The van der Waals surface area contributed by atoms with Crippen LogP contribution in [0.4, 0.5) is 5.82 Å². The molecule has 4 rings (SSSR count). The second-order valence-electron chi connectivity index (χ2n) is 7.32. The molecule has 0 saturated carbocycles. The van der Waals surface area contributed by atoms with Crippen molar-refractivity contribution >= 4 is 5.82 Å². The maximum atomic E-state index is 5.00. The van der Waals surface area contributed by atoms with Crippen molar-refractivity contribution in [3.63, 3.8) is 0 Å². The first kappa shape index (κ1) is 17.4. The molecular formula is C21H29N5. The van der Waals surface area contributed by atoms with E-state index in [9.17, 15) is 0 Å². The Bertz CT molecular complexity index is 713. The fourth-order valence-corrected chi connectivity index (χ4v) is 4.20. The van der Waals surface area contributed by atoms with E-state index in [1.807, 2.05) is 7.05 Å². The lowest BCUT2D eigenvalue weighted by atomic mass is 9.99. The molecule has 138 valence electrons. The van der Waals surface area contributed by atoms with E-state index in [1.165, 1.54) is 29.7 Å². The number of anilines is 1. The molecule has 2 aliphatic rings. The minimum atomic E-state index is 0.340. The van der Waals surface area contributed by atoms with Crippen LogP contribution in [0.3, 0.4) is 0 Å². The molecule has 0 bridgehead atoms. The fraction of sp³-hybridized carbons (Fsp3) is 0.524. The molecule has 5 nitrogen and oxygen atoms in total. The number of benzene rings is 1. The lowest BCUT2D eigenvalue weighted by Crippen LogP contribution is -2.37. The first-order chi connectivity index (χ1) is 12.8. The van der Waals surface area contributed by atoms with Crippen LogP contribution in [-0.2, 0) is 19.4 Å². The average Bonchev–Trinajstić information content (AvgIpc) is 2.72. The van der Waals surface area contributed by atoms with E-state index < -0.39 is 0 Å². The van der Waals surface area contributed by atoms with E-state index in [2.05, 4.69) is 45.9 Å². The highest BCUT2D eigenvalue weighted by Gasteiger charge is 2.28. The third-order valence-corrected chi connectivity index (χ3v) is 5.63. The molecule has 3 heterocycles. The van der Waals surface area contributed by atoms with Crippen molar-refractivity contribution in [3.8, 4) is 0 Å². The minimum absolute atomic E-state index is 0.340. The summed E-state index contributed by atoms with van der Waals surface area (Å²) in [6, 6.07) is 11.1. The molecule has 5 heteroatoms. The summed E-state index contributed by atoms with van der Waals surface area (Å²) in [5.74, 6) is 2.03. The SMILES string of the molecule is CNc1nc([C@H]2CCCCN2CCc2ccccc2)nc2c1CCNC2. The van der Waals surface area contributed by atoms with Gasteiger partial charge in [-0.05, 0) is 44.3 Å². The van der Waals surface area contributed by atoms with Gasteiger partial charge in [-0.25, -0.2) is 9.97 Å². The highest BCUT2D eigenvalue weighted by molar-refractivity contribution is 5.47. The lowest BCUT2D eigenvalue weighted by Gasteiger charge is -2.35. The summed E-state index contributed by atoms with van der Waals surface area (Å²) in [7, 11) is 1.97. The number of rotatable bonds is 5. The van der Waals surface area contributed by atoms with Crippen LogP contribution in [0.5, 0.6) is 0 Å². The van der Waals surface area contributed by atoms with Crippen LogP contribution in [0.25, 0.3) is 0 Å². The van der Waals surface area contributed by atoms with E-state index in [1.54, 1.807) is 0 Å². The number of nitrogens with zero attached hydrogens (tertiary/aromatic N) is 3. The number of hydrogen-bond acceptors (Lipinski definition) is 5. The van der Waals surface area contributed by atoms with Gasteiger partial charge in [0.2, 0.25) is 0 Å². The highest BCUT2D eigenvalue weighted by atomic mass is 15.2. The third-order valence-electron chi connectivity index (χ3n) is 5.63. The second-order valence-corrected chi connectivity index (χ2v) is 7.32. The number of likely N-dealkylation sites (tertiary alicyclic amines) is 1. The Hall–Kier alpha value is -1.98. The Labute approximate surface area is 156 Å². The van der Waals surface area contributed by atoms with Gasteiger partial charge in [0.1, 0.15) is 11.6 Å². The van der Waals surface area contributed by atoms with Crippen molar-refractivity contribution in [2.75, 3.05) is 32.0 Å². The molecule has 2 aromatic rings. The van der Waals surface area contributed by atoms with E-state index in [0.29, 0.717) is 6.04 Å². The molecule has 1 aromatic carbocycles. The number of nitrogens with one attached hydrogen (secondary N) is 2. The average molecular weight is 351 g/mol. The van der Waals surface area contributed by atoms with Gasteiger partial charge >= 0.3 is 0 Å². The minimum Gasteiger partial charge on any atom is -0.373 e. The van der Waals surface area contributed by atoms with Crippen LogP contribution in [0.2, 0.25) is 0 Å². The number of piperidine rings is 1. The van der Waals surface area contributed by atoms with Crippen LogP contribution in [0.1, 0.15) is 47.9 Å². The summed E-state index contributed by atoms with van der Waals surface area (Å²) in [6.45, 7) is 4.08.